The van der Waals surface area contributed by atoms with Crippen molar-refractivity contribution in [2.75, 3.05) is 13.2 Å². The van der Waals surface area contributed by atoms with Crippen LogP contribution < -0.4 is 0 Å². The Bertz CT molecular complexity index is 847. The molecule has 0 radical (unpaired) electrons. The summed E-state index contributed by atoms with van der Waals surface area (Å²) in [6.45, 7) is 2.41. The summed E-state index contributed by atoms with van der Waals surface area (Å²) in [5, 5.41) is 0.789. The summed E-state index contributed by atoms with van der Waals surface area (Å²) in [4.78, 5) is 32.2. The molecule has 5 nitrogen and oxygen atoms in total. The third-order valence-corrected chi connectivity index (χ3v) is 7.08. The third kappa shape index (κ3) is 3.97. The van der Waals surface area contributed by atoms with E-state index in [-0.39, 0.29) is 12.5 Å². The number of nitrogens with zero attached hydrogens (tertiary/aromatic N) is 2. The van der Waals surface area contributed by atoms with E-state index in [1.54, 1.807) is 6.92 Å². The van der Waals surface area contributed by atoms with Crippen molar-refractivity contribution in [3.05, 3.63) is 40.9 Å². The summed E-state index contributed by atoms with van der Waals surface area (Å²) in [6, 6.07) is 10.1. The standard InChI is InChI=1S/C22H26N2O3S/c1-15-20(28-21(23-15)17-9-3-2-4-10-17)22(26)27-14-19(25)24-13-7-11-16-8-5-6-12-18(16)24/h2-4,9-10,16,18H,5-8,11-14H2,1H3/t16-,18+/m1/s1. The van der Waals surface area contributed by atoms with Crippen LogP contribution in [0.2, 0.25) is 0 Å². The fraction of sp³-hybridized carbons (Fsp3) is 0.500. The first kappa shape index (κ1) is 19.1. The first-order chi connectivity index (χ1) is 13.6. The number of rotatable bonds is 4. The Kier molecular flexibility index (Phi) is 5.76. The summed E-state index contributed by atoms with van der Waals surface area (Å²) in [6.07, 6.45) is 7.03. The highest BCUT2D eigenvalue weighted by molar-refractivity contribution is 7.17. The molecule has 2 aliphatic rings. The maximum absolute atomic E-state index is 12.7. The number of hydrogen-bond acceptors (Lipinski definition) is 5. The van der Waals surface area contributed by atoms with E-state index in [2.05, 4.69) is 4.98 Å². The zero-order chi connectivity index (χ0) is 19.5. The van der Waals surface area contributed by atoms with Crippen molar-refractivity contribution in [1.29, 1.82) is 0 Å². The number of thiazole rings is 1. The van der Waals surface area contributed by atoms with Crippen LogP contribution in [0.5, 0.6) is 0 Å². The summed E-state index contributed by atoms with van der Waals surface area (Å²) in [7, 11) is 0. The number of benzene rings is 1. The minimum Gasteiger partial charge on any atom is -0.451 e. The van der Waals surface area contributed by atoms with Gasteiger partial charge in [0.1, 0.15) is 9.88 Å². The summed E-state index contributed by atoms with van der Waals surface area (Å²) in [5.74, 6) is 0.109. The zero-order valence-corrected chi connectivity index (χ0v) is 17.0. The van der Waals surface area contributed by atoms with Crippen LogP contribution in [0, 0.1) is 12.8 Å². The quantitative estimate of drug-likeness (QED) is 0.714. The van der Waals surface area contributed by atoms with Crippen molar-refractivity contribution in [3.8, 4) is 10.6 Å². The molecule has 1 amide bonds. The number of aryl methyl sites for hydroxylation is 1. The van der Waals surface area contributed by atoms with Crippen LogP contribution in [0.1, 0.15) is 53.9 Å². The average Bonchev–Trinajstić information content (AvgIpc) is 3.14. The molecule has 0 N–H and O–H groups in total. The summed E-state index contributed by atoms with van der Waals surface area (Å²) >= 11 is 1.32. The van der Waals surface area contributed by atoms with E-state index in [4.69, 9.17) is 4.74 Å². The topological polar surface area (TPSA) is 59.5 Å². The molecule has 1 saturated heterocycles. The molecule has 1 aliphatic carbocycles. The number of likely N-dealkylation sites (tertiary alicyclic amines) is 1. The fourth-order valence-corrected chi connectivity index (χ4v) is 5.47. The molecule has 6 heteroatoms. The van der Waals surface area contributed by atoms with E-state index in [1.165, 1.54) is 37.0 Å². The first-order valence-corrected chi connectivity index (χ1v) is 10.9. The Balaban J connectivity index is 1.39. The van der Waals surface area contributed by atoms with Gasteiger partial charge in [-0.3, -0.25) is 4.79 Å². The molecule has 28 heavy (non-hydrogen) atoms. The number of aromatic nitrogens is 1. The maximum atomic E-state index is 12.7. The van der Waals surface area contributed by atoms with Gasteiger partial charge >= 0.3 is 5.97 Å². The number of amides is 1. The largest absolute Gasteiger partial charge is 0.451 e. The van der Waals surface area contributed by atoms with E-state index in [9.17, 15) is 9.59 Å². The highest BCUT2D eigenvalue weighted by Gasteiger charge is 2.36. The number of carbonyl (C=O) groups excluding carboxylic acids is 2. The third-order valence-electron chi connectivity index (χ3n) is 5.89. The molecule has 1 aromatic heterocycles. The van der Waals surface area contributed by atoms with Gasteiger partial charge in [-0.2, -0.15) is 0 Å². The van der Waals surface area contributed by atoms with Gasteiger partial charge in [0, 0.05) is 18.2 Å². The Morgan fingerprint density at radius 1 is 1.14 bits per heavy atom. The Hall–Kier alpha value is -2.21. The van der Waals surface area contributed by atoms with Crippen molar-refractivity contribution in [2.24, 2.45) is 5.92 Å². The lowest BCUT2D eigenvalue weighted by Gasteiger charge is -2.44. The predicted molar refractivity (Wildman–Crippen MR) is 109 cm³/mol. The van der Waals surface area contributed by atoms with E-state index >= 15 is 0 Å². The van der Waals surface area contributed by atoms with Crippen LogP contribution in [-0.2, 0) is 9.53 Å². The van der Waals surface area contributed by atoms with Crippen LogP contribution in [0.4, 0.5) is 0 Å². The van der Waals surface area contributed by atoms with Crippen LogP contribution in [0.25, 0.3) is 10.6 Å². The SMILES string of the molecule is Cc1nc(-c2ccccc2)sc1C(=O)OCC(=O)N1CCC[C@H]2CCCC[C@@H]21. The van der Waals surface area contributed by atoms with Crippen molar-refractivity contribution in [1.82, 2.24) is 9.88 Å². The second-order valence-corrected chi connectivity index (χ2v) is 8.72. The number of piperidine rings is 1. The molecule has 0 bridgehead atoms. The normalized spacial score (nSPS) is 21.8. The van der Waals surface area contributed by atoms with Crippen molar-refractivity contribution >= 4 is 23.2 Å². The Morgan fingerprint density at radius 2 is 1.89 bits per heavy atom. The second-order valence-electron chi connectivity index (χ2n) is 7.72. The van der Waals surface area contributed by atoms with E-state index < -0.39 is 5.97 Å². The molecule has 148 valence electrons. The minimum absolute atomic E-state index is 0.0598. The first-order valence-electron chi connectivity index (χ1n) is 10.1. The molecule has 0 unspecified atom stereocenters. The molecule has 2 heterocycles. The number of ether oxygens (including phenoxy) is 1. The minimum atomic E-state index is -0.456. The van der Waals surface area contributed by atoms with E-state index in [0.717, 1.165) is 30.0 Å². The molecule has 1 aromatic carbocycles. The molecular formula is C22H26N2O3S. The average molecular weight is 399 g/mol. The van der Waals surface area contributed by atoms with Gasteiger partial charge in [0.15, 0.2) is 6.61 Å². The van der Waals surface area contributed by atoms with Crippen LogP contribution in [0.15, 0.2) is 30.3 Å². The molecular weight excluding hydrogens is 372 g/mol. The molecule has 2 aromatic rings. The van der Waals surface area contributed by atoms with Gasteiger partial charge in [0.25, 0.3) is 5.91 Å². The van der Waals surface area contributed by atoms with Gasteiger partial charge in [-0.05, 0) is 38.5 Å². The molecule has 2 fully saturated rings. The van der Waals surface area contributed by atoms with Gasteiger partial charge < -0.3 is 9.64 Å². The van der Waals surface area contributed by atoms with Gasteiger partial charge in [0.05, 0.1) is 5.69 Å². The van der Waals surface area contributed by atoms with Crippen molar-refractivity contribution in [3.63, 3.8) is 0 Å². The van der Waals surface area contributed by atoms with E-state index in [0.29, 0.717) is 22.5 Å². The Morgan fingerprint density at radius 3 is 2.71 bits per heavy atom. The van der Waals surface area contributed by atoms with Crippen LogP contribution in [-0.4, -0.2) is 41.0 Å². The lowest BCUT2D eigenvalue weighted by Crippen LogP contribution is -2.50. The number of fused-ring (bicyclic) bond motifs is 1. The van der Waals surface area contributed by atoms with E-state index in [1.807, 2.05) is 35.2 Å². The molecule has 4 rings (SSSR count). The molecule has 0 spiro atoms. The molecule has 1 aliphatic heterocycles. The number of hydrogen-bond donors (Lipinski definition) is 0. The number of carbonyl (C=O) groups is 2. The predicted octanol–water partition coefficient (Wildman–Crippen LogP) is 4.46. The number of esters is 1. The van der Waals surface area contributed by atoms with Crippen LogP contribution in [0.3, 0.4) is 0 Å². The summed E-state index contributed by atoms with van der Waals surface area (Å²) in [5.41, 5.74) is 1.62. The van der Waals surface area contributed by atoms with Gasteiger partial charge in [-0.1, -0.05) is 43.2 Å². The van der Waals surface area contributed by atoms with Gasteiger partial charge in [-0.15, -0.1) is 11.3 Å². The highest BCUT2D eigenvalue weighted by atomic mass is 32.1. The second kappa shape index (κ2) is 8.43. The van der Waals surface area contributed by atoms with Gasteiger partial charge in [0.2, 0.25) is 0 Å². The van der Waals surface area contributed by atoms with Gasteiger partial charge in [-0.25, -0.2) is 9.78 Å². The summed E-state index contributed by atoms with van der Waals surface area (Å²) < 4.78 is 5.39. The highest BCUT2D eigenvalue weighted by Crippen LogP contribution is 2.35. The lowest BCUT2D eigenvalue weighted by molar-refractivity contribution is -0.140. The molecule has 2 atom stereocenters. The van der Waals surface area contributed by atoms with Crippen molar-refractivity contribution in [2.45, 2.75) is 51.5 Å². The van der Waals surface area contributed by atoms with Crippen LogP contribution >= 0.6 is 11.3 Å². The molecule has 1 saturated carbocycles. The van der Waals surface area contributed by atoms with Crippen molar-refractivity contribution < 1.29 is 14.3 Å². The fourth-order valence-electron chi connectivity index (χ4n) is 4.50. The lowest BCUT2D eigenvalue weighted by atomic mass is 9.78. The maximum Gasteiger partial charge on any atom is 0.350 e. The Labute approximate surface area is 169 Å². The smallest absolute Gasteiger partial charge is 0.350 e. The monoisotopic (exact) mass is 398 g/mol. The zero-order valence-electron chi connectivity index (χ0n) is 16.2.